The molecule has 3 aliphatic rings. The number of fused-ring (bicyclic) bond motifs is 8. The van der Waals surface area contributed by atoms with Crippen molar-refractivity contribution in [2.24, 2.45) is 5.92 Å². The second kappa shape index (κ2) is 12.4. The molecule has 0 saturated heterocycles. The second-order valence-corrected chi connectivity index (χ2v) is 15.7. The number of rotatable bonds is 5. The number of benzene rings is 8. The summed E-state index contributed by atoms with van der Waals surface area (Å²) in [7, 11) is 0. The fraction of sp³-hybridized carbons (Fsp3) is 0.0545. The van der Waals surface area contributed by atoms with Crippen LogP contribution in [-0.2, 0) is 0 Å². The minimum absolute atomic E-state index is 0.383. The first kappa shape index (κ1) is 32.1. The van der Waals surface area contributed by atoms with E-state index in [2.05, 4.69) is 217 Å². The lowest BCUT2D eigenvalue weighted by molar-refractivity contribution is 0.615. The van der Waals surface area contributed by atoms with E-state index in [4.69, 9.17) is 0 Å². The topological polar surface area (TPSA) is 8.17 Å². The standard InChI is InChI=1S/C55H38N2/c1-35-42-18-7-8-21-47(42)55-49-31-29-40(33-50(49)48-23-13-22-43(35)54(48)55)56(51-24-11-9-19-44(51)37-15-3-2-4-16-37)41-28-30-46-45-20-10-12-25-52(45)57(53(46)34-41)39-27-26-36-14-5-6-17-38(36)32-39/h2-35,42H,1H3. The van der Waals surface area contributed by atoms with Crippen molar-refractivity contribution < 1.29 is 0 Å². The van der Waals surface area contributed by atoms with Crippen molar-refractivity contribution in [3.8, 4) is 27.9 Å². The zero-order valence-corrected chi connectivity index (χ0v) is 31.6. The molecule has 3 aliphatic carbocycles. The molecule has 0 bridgehead atoms. The summed E-state index contributed by atoms with van der Waals surface area (Å²) in [6.45, 7) is 2.39. The number of anilines is 3. The van der Waals surface area contributed by atoms with Gasteiger partial charge in [0.25, 0.3) is 0 Å². The van der Waals surface area contributed by atoms with Crippen LogP contribution in [0.4, 0.5) is 17.1 Å². The molecule has 8 aromatic carbocycles. The highest BCUT2D eigenvalue weighted by Crippen LogP contribution is 2.57. The number of nitrogens with zero attached hydrogens (tertiary/aromatic N) is 2. The van der Waals surface area contributed by atoms with Crippen LogP contribution in [0.2, 0.25) is 0 Å². The summed E-state index contributed by atoms with van der Waals surface area (Å²) in [5.74, 6) is 0.803. The first-order chi connectivity index (χ1) is 28.2. The van der Waals surface area contributed by atoms with Gasteiger partial charge in [-0.25, -0.2) is 0 Å². The molecule has 0 fully saturated rings. The Kier molecular flexibility index (Phi) is 7.00. The Morgan fingerprint density at radius 3 is 2.19 bits per heavy atom. The molecule has 0 aliphatic heterocycles. The molecule has 2 unspecified atom stereocenters. The average molecular weight is 727 g/mol. The Labute approximate surface area is 332 Å². The van der Waals surface area contributed by atoms with Gasteiger partial charge in [-0.05, 0) is 110 Å². The largest absolute Gasteiger partial charge is 0.310 e. The van der Waals surface area contributed by atoms with Crippen LogP contribution >= 0.6 is 0 Å². The molecule has 0 radical (unpaired) electrons. The predicted octanol–water partition coefficient (Wildman–Crippen LogP) is 14.7. The van der Waals surface area contributed by atoms with E-state index in [9.17, 15) is 0 Å². The summed E-state index contributed by atoms with van der Waals surface area (Å²) >= 11 is 0. The van der Waals surface area contributed by atoms with Gasteiger partial charge in [-0.2, -0.15) is 0 Å². The zero-order valence-electron chi connectivity index (χ0n) is 31.6. The van der Waals surface area contributed by atoms with E-state index < -0.39 is 0 Å². The molecule has 0 N–H and O–H groups in total. The van der Waals surface area contributed by atoms with Crippen LogP contribution in [0.25, 0.3) is 66.1 Å². The quantitative estimate of drug-likeness (QED) is 0.171. The molecule has 2 nitrogen and oxygen atoms in total. The molecule has 9 aromatic rings. The molecule has 12 rings (SSSR count). The molecular weight excluding hydrogens is 689 g/mol. The third-order valence-electron chi connectivity index (χ3n) is 12.7. The van der Waals surface area contributed by atoms with Crippen molar-refractivity contribution >= 4 is 55.2 Å². The number of para-hydroxylation sites is 2. The van der Waals surface area contributed by atoms with Crippen molar-refractivity contribution in [1.29, 1.82) is 0 Å². The lowest BCUT2D eigenvalue weighted by atomic mass is 9.70. The van der Waals surface area contributed by atoms with E-state index in [1.165, 1.54) is 82.7 Å². The van der Waals surface area contributed by atoms with Gasteiger partial charge in [-0.3, -0.25) is 0 Å². The maximum Gasteiger partial charge on any atom is 0.0561 e. The van der Waals surface area contributed by atoms with Crippen LogP contribution in [-0.4, -0.2) is 4.57 Å². The summed E-state index contributed by atoms with van der Waals surface area (Å²) in [6.07, 6.45) is 9.18. The third kappa shape index (κ3) is 4.77. The van der Waals surface area contributed by atoms with Gasteiger partial charge in [0.05, 0.1) is 16.7 Å². The van der Waals surface area contributed by atoms with Crippen molar-refractivity contribution in [3.05, 3.63) is 222 Å². The highest BCUT2D eigenvalue weighted by Gasteiger charge is 2.38. The first-order valence-electron chi connectivity index (χ1n) is 20.1. The van der Waals surface area contributed by atoms with Gasteiger partial charge >= 0.3 is 0 Å². The Hall–Kier alpha value is -7.16. The van der Waals surface area contributed by atoms with E-state index in [0.29, 0.717) is 11.8 Å². The van der Waals surface area contributed by atoms with Gasteiger partial charge in [0, 0.05) is 39.3 Å². The fourth-order valence-corrected chi connectivity index (χ4v) is 10.1. The highest BCUT2D eigenvalue weighted by molar-refractivity contribution is 6.11. The summed E-state index contributed by atoms with van der Waals surface area (Å²) in [5.41, 5.74) is 19.0. The van der Waals surface area contributed by atoms with Crippen LogP contribution < -0.4 is 4.90 Å². The Morgan fingerprint density at radius 1 is 0.509 bits per heavy atom. The van der Waals surface area contributed by atoms with Gasteiger partial charge in [-0.15, -0.1) is 0 Å². The van der Waals surface area contributed by atoms with Crippen LogP contribution in [0.3, 0.4) is 0 Å². The molecule has 2 atom stereocenters. The second-order valence-electron chi connectivity index (χ2n) is 15.7. The highest BCUT2D eigenvalue weighted by atomic mass is 15.1. The van der Waals surface area contributed by atoms with Crippen LogP contribution in [0.5, 0.6) is 0 Å². The van der Waals surface area contributed by atoms with Crippen LogP contribution in [0.15, 0.2) is 206 Å². The van der Waals surface area contributed by atoms with Crippen molar-refractivity contribution in [2.75, 3.05) is 4.90 Å². The summed E-state index contributed by atoms with van der Waals surface area (Å²) in [5, 5.41) is 4.96. The smallest absolute Gasteiger partial charge is 0.0561 e. The Bertz CT molecular complexity index is 3210. The Balaban J connectivity index is 1.12. The van der Waals surface area contributed by atoms with E-state index in [-0.39, 0.29) is 0 Å². The average Bonchev–Trinajstić information content (AvgIpc) is 3.79. The van der Waals surface area contributed by atoms with E-state index in [1.54, 1.807) is 0 Å². The molecule has 1 aromatic heterocycles. The van der Waals surface area contributed by atoms with Gasteiger partial charge < -0.3 is 9.47 Å². The number of hydrogen-bond donors (Lipinski definition) is 0. The first-order valence-corrected chi connectivity index (χ1v) is 20.1. The van der Waals surface area contributed by atoms with Gasteiger partial charge in [0.15, 0.2) is 0 Å². The van der Waals surface area contributed by atoms with Crippen molar-refractivity contribution in [2.45, 2.75) is 12.8 Å². The predicted molar refractivity (Wildman–Crippen MR) is 240 cm³/mol. The molecule has 0 saturated carbocycles. The molecule has 0 spiro atoms. The third-order valence-corrected chi connectivity index (χ3v) is 12.7. The SMILES string of the molecule is CC1c2cccc3c2C(=C2C=CC=CC21)c1ccc(N(c2ccc4c5ccccc5n(-c5ccc6ccccc6c5)c4c2)c2ccccc2-c2ccccc2)cc1-3. The van der Waals surface area contributed by atoms with Crippen molar-refractivity contribution in [3.63, 3.8) is 0 Å². The van der Waals surface area contributed by atoms with E-state index >= 15 is 0 Å². The molecule has 0 amide bonds. The van der Waals surface area contributed by atoms with E-state index in [1.807, 2.05) is 0 Å². The van der Waals surface area contributed by atoms with Gasteiger partial charge in [0.2, 0.25) is 0 Å². The zero-order chi connectivity index (χ0) is 37.6. The lowest BCUT2D eigenvalue weighted by Gasteiger charge is -2.33. The number of allylic oxidation sites excluding steroid dienone is 5. The monoisotopic (exact) mass is 726 g/mol. The summed E-state index contributed by atoms with van der Waals surface area (Å²) < 4.78 is 2.44. The minimum atomic E-state index is 0.383. The number of hydrogen-bond acceptors (Lipinski definition) is 1. The molecule has 2 heteroatoms. The molecule has 57 heavy (non-hydrogen) atoms. The van der Waals surface area contributed by atoms with E-state index in [0.717, 1.165) is 22.7 Å². The van der Waals surface area contributed by atoms with Gasteiger partial charge in [0.1, 0.15) is 0 Å². The molecule has 1 heterocycles. The van der Waals surface area contributed by atoms with Crippen LogP contribution in [0, 0.1) is 5.92 Å². The van der Waals surface area contributed by atoms with Gasteiger partial charge in [-0.1, -0.05) is 159 Å². The molecule has 268 valence electrons. The summed E-state index contributed by atoms with van der Waals surface area (Å²) in [4.78, 5) is 2.48. The maximum absolute atomic E-state index is 2.48. The fourth-order valence-electron chi connectivity index (χ4n) is 10.1. The minimum Gasteiger partial charge on any atom is -0.310 e. The normalized spacial score (nSPS) is 16.3. The van der Waals surface area contributed by atoms with Crippen molar-refractivity contribution in [1.82, 2.24) is 4.57 Å². The number of aromatic nitrogens is 1. The Morgan fingerprint density at radius 2 is 1.26 bits per heavy atom. The molecular formula is C55H38N2. The lowest BCUT2D eigenvalue weighted by Crippen LogP contribution is -2.18. The summed E-state index contributed by atoms with van der Waals surface area (Å²) in [6, 6.07) is 65.1. The van der Waals surface area contributed by atoms with Crippen LogP contribution in [0.1, 0.15) is 29.5 Å². The maximum atomic E-state index is 2.48.